The Morgan fingerprint density at radius 3 is 2.27 bits per heavy atom. The van der Waals surface area contributed by atoms with Crippen LogP contribution < -0.4 is 5.32 Å². The topological polar surface area (TPSA) is 15.3 Å². The van der Waals surface area contributed by atoms with E-state index >= 15 is 0 Å². The zero-order valence-electron chi connectivity index (χ0n) is 10.8. The third-order valence-corrected chi connectivity index (χ3v) is 4.60. The summed E-state index contributed by atoms with van der Waals surface area (Å²) in [4.78, 5) is 2.66. The molecule has 0 aromatic heterocycles. The number of hydrogen-bond acceptors (Lipinski definition) is 3. The van der Waals surface area contributed by atoms with Gasteiger partial charge in [0, 0.05) is 29.6 Å². The smallest absolute Gasteiger partial charge is 0.0149 e. The van der Waals surface area contributed by atoms with Crippen LogP contribution in [0.25, 0.3) is 0 Å². The molecule has 0 aromatic rings. The minimum absolute atomic E-state index is 0.697. The molecule has 4 atom stereocenters. The average molecular weight is 230 g/mol. The maximum Gasteiger partial charge on any atom is 0.0149 e. The summed E-state index contributed by atoms with van der Waals surface area (Å²) < 4.78 is 0. The molecule has 1 aliphatic heterocycles. The van der Waals surface area contributed by atoms with Gasteiger partial charge in [0.15, 0.2) is 0 Å². The van der Waals surface area contributed by atoms with Crippen molar-refractivity contribution in [1.82, 2.24) is 10.2 Å². The lowest BCUT2D eigenvalue weighted by Gasteiger charge is -2.40. The number of thioether (sulfide) groups is 1. The first-order chi connectivity index (χ1) is 7.04. The predicted octanol–water partition coefficient (Wildman–Crippen LogP) is 2.06. The average Bonchev–Trinajstić information content (AvgIpc) is 2.15. The lowest BCUT2D eigenvalue weighted by molar-refractivity contribution is 0.159. The van der Waals surface area contributed by atoms with E-state index in [1.165, 1.54) is 13.1 Å². The highest BCUT2D eigenvalue weighted by Gasteiger charge is 2.27. The molecule has 0 spiro atoms. The normalized spacial score (nSPS) is 32.6. The zero-order valence-corrected chi connectivity index (χ0v) is 11.6. The van der Waals surface area contributed by atoms with Gasteiger partial charge in [-0.25, -0.2) is 0 Å². The molecule has 0 radical (unpaired) electrons. The maximum atomic E-state index is 3.28. The Balaban J connectivity index is 2.47. The molecule has 1 rings (SSSR count). The lowest BCUT2D eigenvalue weighted by atomic mass is 10.0. The predicted molar refractivity (Wildman–Crippen MR) is 70.6 cm³/mol. The van der Waals surface area contributed by atoms with E-state index in [9.17, 15) is 0 Å². The van der Waals surface area contributed by atoms with Gasteiger partial charge in [-0.3, -0.25) is 4.90 Å². The van der Waals surface area contributed by atoms with Crippen molar-refractivity contribution in [2.45, 2.75) is 44.2 Å². The van der Waals surface area contributed by atoms with Gasteiger partial charge < -0.3 is 5.32 Å². The SMILES string of the molecule is CNCC(C)C(C)N1CC(C)SC(C)C1. The van der Waals surface area contributed by atoms with Crippen LogP contribution in [0.3, 0.4) is 0 Å². The zero-order chi connectivity index (χ0) is 11.4. The van der Waals surface area contributed by atoms with Crippen LogP contribution >= 0.6 is 11.8 Å². The Morgan fingerprint density at radius 1 is 1.27 bits per heavy atom. The monoisotopic (exact) mass is 230 g/mol. The van der Waals surface area contributed by atoms with Gasteiger partial charge in [0.2, 0.25) is 0 Å². The van der Waals surface area contributed by atoms with Crippen molar-refractivity contribution < 1.29 is 0 Å². The summed E-state index contributed by atoms with van der Waals surface area (Å²) in [5.41, 5.74) is 0. The quantitative estimate of drug-likeness (QED) is 0.796. The first kappa shape index (κ1) is 13.3. The van der Waals surface area contributed by atoms with Crippen LogP contribution in [0.5, 0.6) is 0 Å². The van der Waals surface area contributed by atoms with E-state index in [0.29, 0.717) is 6.04 Å². The largest absolute Gasteiger partial charge is 0.319 e. The second-order valence-corrected chi connectivity index (χ2v) is 6.87. The summed E-state index contributed by atoms with van der Waals surface area (Å²) in [5.74, 6) is 0.734. The van der Waals surface area contributed by atoms with E-state index in [4.69, 9.17) is 0 Å². The molecule has 0 amide bonds. The summed E-state index contributed by atoms with van der Waals surface area (Å²) in [6.07, 6.45) is 0. The van der Waals surface area contributed by atoms with Crippen molar-refractivity contribution in [3.63, 3.8) is 0 Å². The van der Waals surface area contributed by atoms with Crippen LogP contribution in [-0.4, -0.2) is 48.1 Å². The minimum Gasteiger partial charge on any atom is -0.319 e. The highest BCUT2D eigenvalue weighted by Crippen LogP contribution is 2.27. The first-order valence-corrected chi connectivity index (χ1v) is 7.03. The number of hydrogen-bond donors (Lipinski definition) is 1. The van der Waals surface area contributed by atoms with E-state index in [2.05, 4.69) is 49.7 Å². The fourth-order valence-electron chi connectivity index (χ4n) is 2.40. The third-order valence-electron chi connectivity index (χ3n) is 3.37. The van der Waals surface area contributed by atoms with E-state index in [-0.39, 0.29) is 0 Å². The number of rotatable bonds is 4. The van der Waals surface area contributed by atoms with Gasteiger partial charge in [-0.15, -0.1) is 0 Å². The van der Waals surface area contributed by atoms with Gasteiger partial charge in [0.25, 0.3) is 0 Å². The number of nitrogens with zero attached hydrogens (tertiary/aromatic N) is 1. The van der Waals surface area contributed by atoms with Gasteiger partial charge in [0.1, 0.15) is 0 Å². The summed E-state index contributed by atoms with van der Waals surface area (Å²) in [5, 5.41) is 4.86. The van der Waals surface area contributed by atoms with Gasteiger partial charge >= 0.3 is 0 Å². The van der Waals surface area contributed by atoms with Gasteiger partial charge in [-0.2, -0.15) is 11.8 Å². The Hall–Kier alpha value is 0.270. The second-order valence-electron chi connectivity index (χ2n) is 4.99. The van der Waals surface area contributed by atoms with Crippen molar-refractivity contribution in [3.8, 4) is 0 Å². The van der Waals surface area contributed by atoms with Crippen molar-refractivity contribution in [2.75, 3.05) is 26.7 Å². The fraction of sp³-hybridized carbons (Fsp3) is 1.00. The van der Waals surface area contributed by atoms with Crippen LogP contribution in [0.4, 0.5) is 0 Å². The molecule has 1 fully saturated rings. The molecule has 15 heavy (non-hydrogen) atoms. The summed E-state index contributed by atoms with van der Waals surface area (Å²) in [6, 6.07) is 0.697. The number of nitrogens with one attached hydrogen (secondary N) is 1. The first-order valence-electron chi connectivity index (χ1n) is 6.08. The van der Waals surface area contributed by atoms with Crippen LogP contribution in [0.15, 0.2) is 0 Å². The molecule has 0 saturated carbocycles. The molecule has 0 bridgehead atoms. The molecule has 0 aliphatic carbocycles. The summed E-state index contributed by atoms with van der Waals surface area (Å²) in [6.45, 7) is 13.0. The molecule has 1 saturated heterocycles. The molecule has 2 nitrogen and oxygen atoms in total. The Kier molecular flexibility index (Phi) is 5.44. The molecule has 90 valence electrons. The Labute approximate surface area is 99.2 Å². The van der Waals surface area contributed by atoms with E-state index in [1.54, 1.807) is 0 Å². The van der Waals surface area contributed by atoms with Crippen molar-refractivity contribution in [3.05, 3.63) is 0 Å². The van der Waals surface area contributed by atoms with Gasteiger partial charge in [-0.05, 0) is 26.4 Å². The van der Waals surface area contributed by atoms with E-state index < -0.39 is 0 Å². The van der Waals surface area contributed by atoms with Crippen LogP contribution in [0, 0.1) is 5.92 Å². The molecule has 3 heteroatoms. The fourth-order valence-corrected chi connectivity index (χ4v) is 3.75. The second kappa shape index (κ2) is 6.12. The molecule has 4 unspecified atom stereocenters. The van der Waals surface area contributed by atoms with Crippen molar-refractivity contribution >= 4 is 11.8 Å². The molecule has 1 N–H and O–H groups in total. The van der Waals surface area contributed by atoms with Crippen LogP contribution in [0.1, 0.15) is 27.7 Å². The van der Waals surface area contributed by atoms with Crippen molar-refractivity contribution in [1.29, 1.82) is 0 Å². The van der Waals surface area contributed by atoms with E-state index in [0.717, 1.165) is 23.0 Å². The van der Waals surface area contributed by atoms with Crippen molar-refractivity contribution in [2.24, 2.45) is 5.92 Å². The highest BCUT2D eigenvalue weighted by atomic mass is 32.2. The van der Waals surface area contributed by atoms with Gasteiger partial charge in [0.05, 0.1) is 0 Å². The Bertz CT molecular complexity index is 176. The van der Waals surface area contributed by atoms with Crippen LogP contribution in [0.2, 0.25) is 0 Å². The molecule has 0 aromatic carbocycles. The van der Waals surface area contributed by atoms with Crippen LogP contribution in [-0.2, 0) is 0 Å². The summed E-state index contributed by atoms with van der Waals surface area (Å²) in [7, 11) is 2.04. The highest BCUT2D eigenvalue weighted by molar-refractivity contribution is 8.00. The molecule has 1 heterocycles. The standard InChI is InChI=1S/C12H26N2S/c1-9(6-13-5)12(4)14-7-10(2)15-11(3)8-14/h9-13H,6-8H2,1-5H3. The molecule has 1 aliphatic rings. The van der Waals surface area contributed by atoms with Gasteiger partial charge in [-0.1, -0.05) is 20.8 Å². The third kappa shape index (κ3) is 3.97. The van der Waals surface area contributed by atoms with E-state index in [1.807, 2.05) is 7.05 Å². The summed E-state index contributed by atoms with van der Waals surface area (Å²) >= 11 is 2.13. The maximum absolute atomic E-state index is 3.28. The minimum atomic E-state index is 0.697. The Morgan fingerprint density at radius 2 is 1.80 bits per heavy atom. The lowest BCUT2D eigenvalue weighted by Crippen LogP contribution is -2.48. The molecular weight excluding hydrogens is 204 g/mol. The molecular formula is C12H26N2S.